The lowest BCUT2D eigenvalue weighted by atomic mass is 10.0. The highest BCUT2D eigenvalue weighted by Gasteiger charge is 2.17. The van der Waals surface area contributed by atoms with Gasteiger partial charge in [-0.2, -0.15) is 0 Å². The molecule has 2 rings (SSSR count). The number of carbonyl (C=O) groups is 2. The van der Waals surface area contributed by atoms with Gasteiger partial charge in [0.15, 0.2) is 0 Å². The Hall–Kier alpha value is -2.73. The molecule has 2 aromatic rings. The van der Waals surface area contributed by atoms with Gasteiger partial charge < -0.3 is 21.1 Å². The smallest absolute Gasteiger partial charge is 0.312 e. The molecule has 1 atom stereocenters. The number of nitrogens with two attached hydrogens (primary N) is 1. The SMILES string of the molecule is CCOc1ccc(NC(=O)C[C@H](NC(N)=O)c2ccc(Cl)cc2)cc1. The highest BCUT2D eigenvalue weighted by atomic mass is 35.5. The summed E-state index contributed by atoms with van der Waals surface area (Å²) in [6.45, 7) is 2.48. The molecule has 6 nitrogen and oxygen atoms in total. The maximum absolute atomic E-state index is 12.3. The molecule has 0 aliphatic heterocycles. The van der Waals surface area contributed by atoms with Gasteiger partial charge >= 0.3 is 6.03 Å². The van der Waals surface area contributed by atoms with Gasteiger partial charge in [0, 0.05) is 10.7 Å². The van der Waals surface area contributed by atoms with Gasteiger partial charge in [-0.3, -0.25) is 4.79 Å². The molecule has 7 heteroatoms. The average molecular weight is 362 g/mol. The first-order valence-electron chi connectivity index (χ1n) is 7.82. The van der Waals surface area contributed by atoms with Crippen molar-refractivity contribution in [3.8, 4) is 5.75 Å². The van der Waals surface area contributed by atoms with Gasteiger partial charge in [0.2, 0.25) is 5.91 Å². The summed E-state index contributed by atoms with van der Waals surface area (Å²) in [5.41, 5.74) is 6.59. The molecule has 0 radical (unpaired) electrons. The Kier molecular flexibility index (Phi) is 6.65. The molecular weight excluding hydrogens is 342 g/mol. The third-order valence-corrected chi connectivity index (χ3v) is 3.68. The van der Waals surface area contributed by atoms with Crippen LogP contribution in [0, 0.1) is 0 Å². The van der Waals surface area contributed by atoms with Crippen LogP contribution in [-0.4, -0.2) is 18.5 Å². The molecule has 0 heterocycles. The fourth-order valence-electron chi connectivity index (χ4n) is 2.32. The average Bonchev–Trinajstić information content (AvgIpc) is 2.56. The summed E-state index contributed by atoms with van der Waals surface area (Å²) in [4.78, 5) is 23.5. The summed E-state index contributed by atoms with van der Waals surface area (Å²) in [6.07, 6.45) is 0.0395. The van der Waals surface area contributed by atoms with Crippen LogP contribution in [0.1, 0.15) is 24.9 Å². The lowest BCUT2D eigenvalue weighted by Crippen LogP contribution is -2.35. The largest absolute Gasteiger partial charge is 0.494 e. The van der Waals surface area contributed by atoms with Gasteiger partial charge in [-0.1, -0.05) is 23.7 Å². The van der Waals surface area contributed by atoms with E-state index in [0.29, 0.717) is 17.3 Å². The number of primary amides is 1. The third kappa shape index (κ3) is 6.00. The topological polar surface area (TPSA) is 93.4 Å². The van der Waals surface area contributed by atoms with Gasteiger partial charge in [0.1, 0.15) is 5.75 Å². The first kappa shape index (κ1) is 18.6. The van der Waals surface area contributed by atoms with Crippen molar-refractivity contribution in [2.24, 2.45) is 5.73 Å². The van der Waals surface area contributed by atoms with Crippen LogP contribution in [-0.2, 0) is 4.79 Å². The quantitative estimate of drug-likeness (QED) is 0.704. The van der Waals surface area contributed by atoms with Crippen molar-refractivity contribution < 1.29 is 14.3 Å². The number of hydrogen-bond acceptors (Lipinski definition) is 3. The molecule has 3 amide bonds. The van der Waals surface area contributed by atoms with Gasteiger partial charge in [-0.15, -0.1) is 0 Å². The van der Waals surface area contributed by atoms with E-state index in [0.717, 1.165) is 11.3 Å². The zero-order valence-corrected chi connectivity index (χ0v) is 14.5. The lowest BCUT2D eigenvalue weighted by Gasteiger charge is -2.18. The second-order valence-electron chi connectivity index (χ2n) is 5.32. The Morgan fingerprint density at radius 3 is 2.32 bits per heavy atom. The predicted octanol–water partition coefficient (Wildman–Crippen LogP) is 3.48. The van der Waals surface area contributed by atoms with E-state index in [4.69, 9.17) is 22.1 Å². The molecular formula is C18H20ClN3O3. The molecule has 0 bridgehead atoms. The summed E-state index contributed by atoms with van der Waals surface area (Å²) < 4.78 is 5.36. The Labute approximate surface area is 151 Å². The van der Waals surface area contributed by atoms with Crippen molar-refractivity contribution >= 4 is 29.2 Å². The molecule has 4 N–H and O–H groups in total. The molecule has 0 unspecified atom stereocenters. The number of carbonyl (C=O) groups excluding carboxylic acids is 2. The number of benzene rings is 2. The van der Waals surface area contributed by atoms with E-state index in [1.54, 1.807) is 48.5 Å². The second-order valence-corrected chi connectivity index (χ2v) is 5.76. The number of hydrogen-bond donors (Lipinski definition) is 3. The maximum Gasteiger partial charge on any atom is 0.312 e. The Bertz CT molecular complexity index is 717. The van der Waals surface area contributed by atoms with Crippen LogP contribution < -0.4 is 21.1 Å². The van der Waals surface area contributed by atoms with E-state index in [2.05, 4.69) is 10.6 Å². The summed E-state index contributed by atoms with van der Waals surface area (Å²) in [7, 11) is 0. The molecule has 0 spiro atoms. The highest BCUT2D eigenvalue weighted by molar-refractivity contribution is 6.30. The maximum atomic E-state index is 12.3. The predicted molar refractivity (Wildman–Crippen MR) is 97.8 cm³/mol. The van der Waals surface area contributed by atoms with Crippen molar-refractivity contribution in [2.45, 2.75) is 19.4 Å². The lowest BCUT2D eigenvalue weighted by molar-refractivity contribution is -0.116. The highest BCUT2D eigenvalue weighted by Crippen LogP contribution is 2.21. The van der Waals surface area contributed by atoms with E-state index in [1.807, 2.05) is 6.92 Å². The van der Waals surface area contributed by atoms with Crippen molar-refractivity contribution in [3.63, 3.8) is 0 Å². The first-order chi connectivity index (χ1) is 12.0. The fraction of sp³-hybridized carbons (Fsp3) is 0.222. The minimum atomic E-state index is -0.700. The third-order valence-electron chi connectivity index (χ3n) is 3.43. The van der Waals surface area contributed by atoms with Crippen molar-refractivity contribution in [1.82, 2.24) is 5.32 Å². The van der Waals surface area contributed by atoms with Crippen molar-refractivity contribution in [2.75, 3.05) is 11.9 Å². The van der Waals surface area contributed by atoms with E-state index >= 15 is 0 Å². The summed E-state index contributed by atoms with van der Waals surface area (Å²) in [5.74, 6) is 0.479. The Morgan fingerprint density at radius 1 is 1.12 bits per heavy atom. The number of urea groups is 1. The summed E-state index contributed by atoms with van der Waals surface area (Å²) in [5, 5.41) is 5.93. The minimum Gasteiger partial charge on any atom is -0.494 e. The normalized spacial score (nSPS) is 11.4. The number of nitrogens with one attached hydrogen (secondary N) is 2. The molecule has 0 saturated heterocycles. The van der Waals surface area contributed by atoms with Gasteiger partial charge in [-0.05, 0) is 48.9 Å². The van der Waals surface area contributed by atoms with Crippen LogP contribution in [0.5, 0.6) is 5.75 Å². The van der Waals surface area contributed by atoms with Gasteiger partial charge in [-0.25, -0.2) is 4.79 Å². The van der Waals surface area contributed by atoms with Gasteiger partial charge in [0.25, 0.3) is 0 Å². The minimum absolute atomic E-state index is 0.0395. The second kappa shape index (κ2) is 8.94. The van der Waals surface area contributed by atoms with E-state index in [9.17, 15) is 9.59 Å². The van der Waals surface area contributed by atoms with E-state index in [1.165, 1.54) is 0 Å². The summed E-state index contributed by atoms with van der Waals surface area (Å²) in [6, 6.07) is 12.7. The number of rotatable bonds is 7. The van der Waals surface area contributed by atoms with Crippen LogP contribution in [0.2, 0.25) is 5.02 Å². The fourth-order valence-corrected chi connectivity index (χ4v) is 2.44. The van der Waals surface area contributed by atoms with Crippen LogP contribution in [0.25, 0.3) is 0 Å². The molecule has 0 fully saturated rings. The van der Waals surface area contributed by atoms with Crippen LogP contribution in [0.4, 0.5) is 10.5 Å². The summed E-state index contributed by atoms with van der Waals surface area (Å²) >= 11 is 5.87. The van der Waals surface area contributed by atoms with Crippen molar-refractivity contribution in [1.29, 1.82) is 0 Å². The van der Waals surface area contributed by atoms with Crippen LogP contribution in [0.15, 0.2) is 48.5 Å². The zero-order valence-electron chi connectivity index (χ0n) is 13.8. The standard InChI is InChI=1S/C18H20ClN3O3/c1-2-25-15-9-7-14(8-10-15)21-17(23)11-16(22-18(20)24)12-3-5-13(19)6-4-12/h3-10,16H,2,11H2,1H3,(H,21,23)(H3,20,22,24)/t16-/m0/s1. The number of amides is 3. The molecule has 0 aliphatic carbocycles. The van der Waals surface area contributed by atoms with Crippen LogP contribution >= 0.6 is 11.6 Å². The molecule has 25 heavy (non-hydrogen) atoms. The Balaban J connectivity index is 2.03. The molecule has 0 saturated carbocycles. The van der Waals surface area contributed by atoms with E-state index < -0.39 is 12.1 Å². The molecule has 0 aromatic heterocycles. The van der Waals surface area contributed by atoms with Gasteiger partial charge in [0.05, 0.1) is 19.1 Å². The Morgan fingerprint density at radius 2 is 1.76 bits per heavy atom. The van der Waals surface area contributed by atoms with Crippen molar-refractivity contribution in [3.05, 3.63) is 59.1 Å². The number of anilines is 1. The van der Waals surface area contributed by atoms with Crippen LogP contribution in [0.3, 0.4) is 0 Å². The van der Waals surface area contributed by atoms with E-state index in [-0.39, 0.29) is 12.3 Å². The molecule has 2 aromatic carbocycles. The first-order valence-corrected chi connectivity index (χ1v) is 8.20. The number of halogens is 1. The molecule has 0 aliphatic rings. The monoisotopic (exact) mass is 361 g/mol. The number of ether oxygens (including phenoxy) is 1. The zero-order chi connectivity index (χ0) is 18.2. The molecule has 132 valence electrons.